The van der Waals surface area contributed by atoms with Crippen LogP contribution >= 0.6 is 11.6 Å². The molecule has 2 rings (SSSR count). The van der Waals surface area contributed by atoms with Gasteiger partial charge in [-0.25, -0.2) is 4.79 Å². The number of rotatable bonds is 6. The molecule has 0 aromatic heterocycles. The summed E-state index contributed by atoms with van der Waals surface area (Å²) in [6.07, 6.45) is -0.0950. The lowest BCUT2D eigenvalue weighted by atomic mass is 10.1. The molecule has 0 unspecified atom stereocenters. The van der Waals surface area contributed by atoms with Gasteiger partial charge in [0.25, 0.3) is 5.69 Å². The summed E-state index contributed by atoms with van der Waals surface area (Å²) >= 11 is 5.95. The first kappa shape index (κ1) is 19.2. The molecule has 0 radical (unpaired) electrons. The number of nitrogens with one attached hydrogen (secondary N) is 1. The quantitative estimate of drug-likeness (QED) is 0.465. The van der Waals surface area contributed by atoms with Gasteiger partial charge in [-0.3, -0.25) is 14.9 Å². The number of halogens is 1. The van der Waals surface area contributed by atoms with E-state index >= 15 is 0 Å². The summed E-state index contributed by atoms with van der Waals surface area (Å²) in [7, 11) is 2.46. The number of nitrogens with zero attached hydrogens (tertiary/aromatic N) is 1. The second-order valence-corrected chi connectivity index (χ2v) is 5.60. The minimum Gasteiger partial charge on any atom is -0.469 e. The fraction of sp³-hybridized carbons (Fsp3) is 0.176. The molecule has 0 aliphatic heterocycles. The summed E-state index contributed by atoms with van der Waals surface area (Å²) in [4.78, 5) is 34.0. The molecule has 0 saturated heterocycles. The van der Waals surface area contributed by atoms with Crippen molar-refractivity contribution in [1.82, 2.24) is 0 Å². The molecule has 0 saturated carbocycles. The van der Waals surface area contributed by atoms with Crippen LogP contribution in [0.15, 0.2) is 36.4 Å². The first-order valence-electron chi connectivity index (χ1n) is 7.34. The highest BCUT2D eigenvalue weighted by Gasteiger charge is 2.19. The highest BCUT2D eigenvalue weighted by Crippen LogP contribution is 2.32. The number of ether oxygens (including phenoxy) is 2. The van der Waals surface area contributed by atoms with Crippen molar-refractivity contribution in [1.29, 1.82) is 0 Å². The molecule has 0 aliphatic carbocycles. The molecule has 0 fully saturated rings. The van der Waals surface area contributed by atoms with E-state index in [-0.39, 0.29) is 29.0 Å². The normalized spacial score (nSPS) is 10.1. The van der Waals surface area contributed by atoms with E-state index in [1.165, 1.54) is 44.6 Å². The Balaban J connectivity index is 2.43. The van der Waals surface area contributed by atoms with E-state index in [2.05, 4.69) is 10.1 Å². The number of hydrogen-bond acceptors (Lipinski definition) is 7. The zero-order valence-corrected chi connectivity index (χ0v) is 14.7. The van der Waals surface area contributed by atoms with Crippen LogP contribution in [0.5, 0.6) is 0 Å². The first-order chi connectivity index (χ1) is 12.3. The van der Waals surface area contributed by atoms with Crippen molar-refractivity contribution >= 4 is 40.6 Å². The monoisotopic (exact) mass is 378 g/mol. The van der Waals surface area contributed by atoms with Gasteiger partial charge in [-0.05, 0) is 29.8 Å². The third kappa shape index (κ3) is 4.48. The lowest BCUT2D eigenvalue weighted by Gasteiger charge is -2.12. The molecule has 0 aliphatic rings. The Morgan fingerprint density at radius 2 is 1.85 bits per heavy atom. The van der Waals surface area contributed by atoms with Crippen LogP contribution in [-0.2, 0) is 20.7 Å². The van der Waals surface area contributed by atoms with Crippen LogP contribution in [0.3, 0.4) is 0 Å². The Morgan fingerprint density at radius 1 is 1.12 bits per heavy atom. The summed E-state index contributed by atoms with van der Waals surface area (Å²) in [5.74, 6) is -1.13. The van der Waals surface area contributed by atoms with E-state index in [1.807, 2.05) is 0 Å². The van der Waals surface area contributed by atoms with Gasteiger partial charge < -0.3 is 14.8 Å². The summed E-state index contributed by atoms with van der Waals surface area (Å²) in [6, 6.07) is 8.68. The lowest BCUT2D eigenvalue weighted by molar-refractivity contribution is -0.384. The summed E-state index contributed by atoms with van der Waals surface area (Å²) in [5.41, 5.74) is 0.726. The molecule has 0 bridgehead atoms. The Bertz CT molecular complexity index is 868. The zero-order chi connectivity index (χ0) is 19.3. The van der Waals surface area contributed by atoms with Crippen LogP contribution < -0.4 is 5.32 Å². The number of carbonyl (C=O) groups excluding carboxylic acids is 2. The van der Waals surface area contributed by atoms with E-state index in [0.717, 1.165) is 0 Å². The Kier molecular flexibility index (Phi) is 6.13. The second kappa shape index (κ2) is 8.30. The van der Waals surface area contributed by atoms with Gasteiger partial charge in [0.05, 0.1) is 36.8 Å². The highest BCUT2D eigenvalue weighted by molar-refractivity contribution is 6.31. The van der Waals surface area contributed by atoms with E-state index in [1.54, 1.807) is 6.07 Å². The van der Waals surface area contributed by atoms with E-state index in [0.29, 0.717) is 10.6 Å². The smallest absolute Gasteiger partial charge is 0.339 e. The maximum Gasteiger partial charge on any atom is 0.339 e. The first-order valence-corrected chi connectivity index (χ1v) is 7.72. The predicted molar refractivity (Wildman–Crippen MR) is 94.9 cm³/mol. The lowest BCUT2D eigenvalue weighted by Crippen LogP contribution is -2.08. The topological polar surface area (TPSA) is 108 Å². The molecule has 136 valence electrons. The maximum absolute atomic E-state index is 11.9. The van der Waals surface area contributed by atoms with Crippen molar-refractivity contribution in [2.75, 3.05) is 19.5 Å². The van der Waals surface area contributed by atoms with E-state index in [4.69, 9.17) is 16.3 Å². The largest absolute Gasteiger partial charge is 0.469 e. The fourth-order valence-electron chi connectivity index (χ4n) is 2.24. The predicted octanol–water partition coefficient (Wildman–Crippen LogP) is 3.49. The third-order valence-corrected chi connectivity index (χ3v) is 3.73. The number of esters is 2. The minimum atomic E-state index is -0.617. The van der Waals surface area contributed by atoms with Crippen molar-refractivity contribution in [3.05, 3.63) is 62.7 Å². The van der Waals surface area contributed by atoms with Crippen LogP contribution in [-0.4, -0.2) is 31.1 Å². The summed E-state index contributed by atoms with van der Waals surface area (Å²) < 4.78 is 9.26. The van der Waals surface area contributed by atoms with Crippen LogP contribution in [0, 0.1) is 10.1 Å². The van der Waals surface area contributed by atoms with Crippen molar-refractivity contribution < 1.29 is 24.0 Å². The van der Waals surface area contributed by atoms with Crippen molar-refractivity contribution in [3.8, 4) is 0 Å². The SMILES string of the molecule is COC(=O)Cc1ccc(Nc2cc(Cl)ccc2C(=O)OC)c([N+](=O)[O-])c1. The van der Waals surface area contributed by atoms with Gasteiger partial charge >= 0.3 is 11.9 Å². The van der Waals surface area contributed by atoms with Crippen LogP contribution in [0.1, 0.15) is 15.9 Å². The van der Waals surface area contributed by atoms with Gasteiger partial charge in [-0.2, -0.15) is 0 Å². The summed E-state index contributed by atoms with van der Waals surface area (Å²) in [5, 5.41) is 14.6. The number of nitro groups is 1. The number of carbonyl (C=O) groups is 2. The van der Waals surface area contributed by atoms with Gasteiger partial charge in [-0.15, -0.1) is 0 Å². The van der Waals surface area contributed by atoms with Crippen molar-refractivity contribution in [3.63, 3.8) is 0 Å². The molecular weight excluding hydrogens is 364 g/mol. The van der Waals surface area contributed by atoms with Crippen molar-refractivity contribution in [2.45, 2.75) is 6.42 Å². The molecule has 8 nitrogen and oxygen atoms in total. The third-order valence-electron chi connectivity index (χ3n) is 3.49. The van der Waals surface area contributed by atoms with E-state index < -0.39 is 16.9 Å². The molecule has 0 atom stereocenters. The molecular formula is C17H15ClN2O6. The average molecular weight is 379 g/mol. The minimum absolute atomic E-state index is 0.0950. The number of benzene rings is 2. The van der Waals surface area contributed by atoms with Crippen LogP contribution in [0.2, 0.25) is 5.02 Å². The molecule has 0 heterocycles. The number of nitro benzene ring substituents is 1. The molecule has 1 N–H and O–H groups in total. The van der Waals surface area contributed by atoms with Crippen molar-refractivity contribution in [2.24, 2.45) is 0 Å². The second-order valence-electron chi connectivity index (χ2n) is 5.17. The molecule has 0 amide bonds. The molecule has 0 spiro atoms. The van der Waals surface area contributed by atoms with Gasteiger partial charge in [-0.1, -0.05) is 17.7 Å². The zero-order valence-electron chi connectivity index (χ0n) is 13.9. The molecule has 26 heavy (non-hydrogen) atoms. The Hall–Kier alpha value is -3.13. The van der Waals surface area contributed by atoms with Crippen LogP contribution in [0.4, 0.5) is 17.1 Å². The number of anilines is 2. The summed E-state index contributed by atoms with van der Waals surface area (Å²) in [6.45, 7) is 0. The molecule has 9 heteroatoms. The van der Waals surface area contributed by atoms with Gasteiger partial charge in [0, 0.05) is 11.1 Å². The van der Waals surface area contributed by atoms with Gasteiger partial charge in [0.2, 0.25) is 0 Å². The standard InChI is InChI=1S/C17H15ClN2O6/c1-25-16(21)8-10-3-6-13(15(7-10)20(23)24)19-14-9-11(18)4-5-12(14)17(22)26-2/h3-7,9,19H,8H2,1-2H3. The van der Waals surface area contributed by atoms with Crippen LogP contribution in [0.25, 0.3) is 0 Å². The highest BCUT2D eigenvalue weighted by atomic mass is 35.5. The van der Waals surface area contributed by atoms with E-state index in [9.17, 15) is 19.7 Å². The molecule has 2 aromatic rings. The fourth-order valence-corrected chi connectivity index (χ4v) is 2.41. The Labute approximate surface area is 153 Å². The Morgan fingerprint density at radius 3 is 2.46 bits per heavy atom. The van der Waals surface area contributed by atoms with Gasteiger partial charge in [0.15, 0.2) is 0 Å². The average Bonchev–Trinajstić information content (AvgIpc) is 2.62. The van der Waals surface area contributed by atoms with Gasteiger partial charge in [0.1, 0.15) is 5.69 Å². The maximum atomic E-state index is 11.9. The molecule has 2 aromatic carbocycles. The number of methoxy groups -OCH3 is 2. The number of hydrogen-bond donors (Lipinski definition) is 1.